The van der Waals surface area contributed by atoms with Gasteiger partial charge in [0.05, 0.1) is 14.2 Å². The fraction of sp³-hybridized carbons (Fsp3) is 0.227. The van der Waals surface area contributed by atoms with Crippen molar-refractivity contribution < 1.29 is 23.4 Å². The number of carbonyl (C=O) groups excluding carboxylic acids is 1. The summed E-state index contributed by atoms with van der Waals surface area (Å²) in [5.74, 6) is 2.69. The van der Waals surface area contributed by atoms with Crippen LogP contribution in [0.5, 0.6) is 17.2 Å². The van der Waals surface area contributed by atoms with Crippen LogP contribution in [0.25, 0.3) is 0 Å². The van der Waals surface area contributed by atoms with Crippen molar-refractivity contribution in [2.45, 2.75) is 13.0 Å². The molecule has 1 N–H and O–H groups in total. The third-order valence-electron chi connectivity index (χ3n) is 4.16. The highest BCUT2D eigenvalue weighted by Crippen LogP contribution is 2.27. The Hall–Kier alpha value is -3.41. The van der Waals surface area contributed by atoms with Crippen LogP contribution in [0.2, 0.25) is 0 Å². The van der Waals surface area contributed by atoms with Crippen LogP contribution in [0.3, 0.4) is 0 Å². The standard InChI is InChI=1S/C22H23NO5/c1-25-19-10-8-16(14-21(19)26-2)12-13-23-22(24)20-11-9-18(28-20)15-27-17-6-4-3-5-7-17/h3-11,14H,12-13,15H2,1-2H3,(H,23,24). The van der Waals surface area contributed by atoms with E-state index in [9.17, 15) is 4.79 Å². The van der Waals surface area contributed by atoms with Crippen molar-refractivity contribution in [3.05, 3.63) is 77.7 Å². The van der Waals surface area contributed by atoms with E-state index in [0.29, 0.717) is 30.2 Å². The molecule has 0 bridgehead atoms. The van der Waals surface area contributed by atoms with Crippen LogP contribution in [0.1, 0.15) is 21.9 Å². The number of hydrogen-bond acceptors (Lipinski definition) is 5. The van der Waals surface area contributed by atoms with E-state index in [0.717, 1.165) is 11.3 Å². The summed E-state index contributed by atoms with van der Waals surface area (Å²) < 4.78 is 21.7. The molecule has 0 atom stereocenters. The highest BCUT2D eigenvalue weighted by atomic mass is 16.5. The average Bonchev–Trinajstić information content (AvgIpc) is 3.22. The van der Waals surface area contributed by atoms with Crippen molar-refractivity contribution in [2.75, 3.05) is 20.8 Å². The molecule has 0 aliphatic rings. The molecule has 1 heterocycles. The number of rotatable bonds is 9. The van der Waals surface area contributed by atoms with Gasteiger partial charge in [-0.2, -0.15) is 0 Å². The Bertz CT molecular complexity index is 904. The quantitative estimate of drug-likeness (QED) is 0.610. The van der Waals surface area contributed by atoms with Crippen LogP contribution < -0.4 is 19.5 Å². The molecule has 0 unspecified atom stereocenters. The van der Waals surface area contributed by atoms with Crippen molar-refractivity contribution in [1.29, 1.82) is 0 Å². The van der Waals surface area contributed by atoms with Gasteiger partial charge in [0.15, 0.2) is 17.3 Å². The lowest BCUT2D eigenvalue weighted by Crippen LogP contribution is -2.25. The van der Waals surface area contributed by atoms with Gasteiger partial charge in [-0.05, 0) is 48.4 Å². The van der Waals surface area contributed by atoms with Gasteiger partial charge < -0.3 is 23.9 Å². The van der Waals surface area contributed by atoms with E-state index in [2.05, 4.69) is 5.32 Å². The number of carbonyl (C=O) groups is 1. The zero-order valence-electron chi connectivity index (χ0n) is 15.9. The van der Waals surface area contributed by atoms with E-state index in [4.69, 9.17) is 18.6 Å². The highest BCUT2D eigenvalue weighted by Gasteiger charge is 2.11. The van der Waals surface area contributed by atoms with E-state index in [1.807, 2.05) is 48.5 Å². The van der Waals surface area contributed by atoms with Gasteiger partial charge in [0, 0.05) is 6.54 Å². The molecule has 0 spiro atoms. The Morgan fingerprint density at radius 3 is 2.50 bits per heavy atom. The van der Waals surface area contributed by atoms with Gasteiger partial charge in [-0.3, -0.25) is 4.79 Å². The van der Waals surface area contributed by atoms with Crippen LogP contribution in [-0.2, 0) is 13.0 Å². The predicted octanol–water partition coefficient (Wildman–Crippen LogP) is 3.85. The molecule has 0 radical (unpaired) electrons. The summed E-state index contributed by atoms with van der Waals surface area (Å²) in [5, 5.41) is 2.86. The van der Waals surface area contributed by atoms with E-state index >= 15 is 0 Å². The second-order valence-electron chi connectivity index (χ2n) is 6.06. The lowest BCUT2D eigenvalue weighted by molar-refractivity contribution is 0.0922. The number of furan rings is 1. The molecule has 0 saturated heterocycles. The zero-order valence-corrected chi connectivity index (χ0v) is 15.9. The summed E-state index contributed by atoms with van der Waals surface area (Å²) in [4.78, 5) is 12.3. The molecule has 0 aliphatic carbocycles. The fourth-order valence-corrected chi connectivity index (χ4v) is 2.69. The first-order valence-corrected chi connectivity index (χ1v) is 8.95. The van der Waals surface area contributed by atoms with Gasteiger partial charge in [-0.1, -0.05) is 24.3 Å². The predicted molar refractivity (Wildman–Crippen MR) is 105 cm³/mol. The first kappa shape index (κ1) is 19.4. The molecule has 6 nitrogen and oxygen atoms in total. The van der Waals surface area contributed by atoms with Gasteiger partial charge in [-0.25, -0.2) is 0 Å². The second kappa shape index (κ2) is 9.50. The Labute approximate surface area is 164 Å². The number of para-hydroxylation sites is 1. The average molecular weight is 381 g/mol. The Balaban J connectivity index is 1.48. The monoisotopic (exact) mass is 381 g/mol. The summed E-state index contributed by atoms with van der Waals surface area (Å²) in [6, 6.07) is 18.5. The minimum atomic E-state index is -0.258. The normalized spacial score (nSPS) is 10.4. The van der Waals surface area contributed by atoms with E-state index < -0.39 is 0 Å². The molecule has 0 saturated carbocycles. The molecule has 0 aliphatic heterocycles. The van der Waals surface area contributed by atoms with Crippen molar-refractivity contribution >= 4 is 5.91 Å². The molecular weight excluding hydrogens is 358 g/mol. The number of nitrogens with one attached hydrogen (secondary N) is 1. The molecule has 146 valence electrons. The van der Waals surface area contributed by atoms with Crippen molar-refractivity contribution in [3.63, 3.8) is 0 Å². The fourth-order valence-electron chi connectivity index (χ4n) is 2.69. The first-order valence-electron chi connectivity index (χ1n) is 8.95. The van der Waals surface area contributed by atoms with E-state index in [-0.39, 0.29) is 18.3 Å². The van der Waals surface area contributed by atoms with Crippen LogP contribution in [-0.4, -0.2) is 26.7 Å². The number of methoxy groups -OCH3 is 2. The molecule has 1 aromatic heterocycles. The van der Waals surface area contributed by atoms with Crippen LogP contribution in [0.4, 0.5) is 0 Å². The third kappa shape index (κ3) is 5.07. The van der Waals surface area contributed by atoms with Crippen molar-refractivity contribution in [1.82, 2.24) is 5.32 Å². The Morgan fingerprint density at radius 2 is 1.75 bits per heavy atom. The van der Waals surface area contributed by atoms with Crippen molar-refractivity contribution in [3.8, 4) is 17.2 Å². The summed E-state index contributed by atoms with van der Waals surface area (Å²) in [7, 11) is 3.19. The SMILES string of the molecule is COc1ccc(CCNC(=O)c2ccc(COc3ccccc3)o2)cc1OC. The molecule has 1 amide bonds. The maximum atomic E-state index is 12.3. The minimum Gasteiger partial charge on any atom is -0.493 e. The van der Waals surface area contributed by atoms with Gasteiger partial charge in [0.1, 0.15) is 18.1 Å². The Morgan fingerprint density at radius 1 is 0.964 bits per heavy atom. The van der Waals surface area contributed by atoms with E-state index in [1.165, 1.54) is 0 Å². The molecule has 2 aromatic carbocycles. The minimum absolute atomic E-state index is 0.258. The summed E-state index contributed by atoms with van der Waals surface area (Å²) >= 11 is 0. The van der Waals surface area contributed by atoms with Gasteiger partial charge >= 0.3 is 0 Å². The van der Waals surface area contributed by atoms with Crippen molar-refractivity contribution in [2.24, 2.45) is 0 Å². The van der Waals surface area contributed by atoms with Crippen LogP contribution in [0.15, 0.2) is 65.1 Å². The number of amides is 1. The lowest BCUT2D eigenvalue weighted by atomic mass is 10.1. The molecular formula is C22H23NO5. The number of benzene rings is 2. The maximum absolute atomic E-state index is 12.3. The summed E-state index contributed by atoms with van der Waals surface area (Å²) in [6.45, 7) is 0.744. The lowest BCUT2D eigenvalue weighted by Gasteiger charge is -2.09. The van der Waals surface area contributed by atoms with Gasteiger partial charge in [0.2, 0.25) is 0 Å². The smallest absolute Gasteiger partial charge is 0.287 e. The number of ether oxygens (including phenoxy) is 3. The van der Waals surface area contributed by atoms with Gasteiger partial charge in [-0.15, -0.1) is 0 Å². The molecule has 0 fully saturated rings. The largest absolute Gasteiger partial charge is 0.493 e. The molecule has 28 heavy (non-hydrogen) atoms. The molecule has 6 heteroatoms. The van der Waals surface area contributed by atoms with E-state index in [1.54, 1.807) is 26.4 Å². The summed E-state index contributed by atoms with van der Waals surface area (Å²) in [5.41, 5.74) is 1.04. The maximum Gasteiger partial charge on any atom is 0.287 e. The molecule has 3 aromatic rings. The Kier molecular flexibility index (Phi) is 6.57. The van der Waals surface area contributed by atoms with Crippen LogP contribution >= 0.6 is 0 Å². The molecule has 3 rings (SSSR count). The third-order valence-corrected chi connectivity index (χ3v) is 4.16. The summed E-state index contributed by atoms with van der Waals surface area (Å²) in [6.07, 6.45) is 0.663. The van der Waals surface area contributed by atoms with Crippen LogP contribution in [0, 0.1) is 0 Å². The zero-order chi connectivity index (χ0) is 19.8. The second-order valence-corrected chi connectivity index (χ2v) is 6.06. The topological polar surface area (TPSA) is 69.9 Å². The van der Waals surface area contributed by atoms with Gasteiger partial charge in [0.25, 0.3) is 5.91 Å². The first-order chi connectivity index (χ1) is 13.7. The highest BCUT2D eigenvalue weighted by molar-refractivity contribution is 5.91. The number of hydrogen-bond donors (Lipinski definition) is 1.